The van der Waals surface area contributed by atoms with Crippen molar-refractivity contribution in [2.24, 2.45) is 5.92 Å². The van der Waals surface area contributed by atoms with Crippen molar-refractivity contribution in [3.8, 4) is 0 Å². The van der Waals surface area contributed by atoms with E-state index in [1.807, 2.05) is 13.0 Å². The topological polar surface area (TPSA) is 54.0 Å². The molecule has 1 heterocycles. The molecule has 1 rings (SSSR count). The predicted octanol–water partition coefficient (Wildman–Crippen LogP) is 3.46. The van der Waals surface area contributed by atoms with Crippen LogP contribution in [0, 0.1) is 5.92 Å². The van der Waals surface area contributed by atoms with E-state index in [9.17, 15) is 4.79 Å². The highest BCUT2D eigenvalue weighted by atomic mass is 16.1. The van der Waals surface area contributed by atoms with Gasteiger partial charge in [0, 0.05) is 12.6 Å². The molecule has 0 aliphatic heterocycles. The van der Waals surface area contributed by atoms with Crippen LogP contribution in [-0.4, -0.2) is 23.5 Å². The van der Waals surface area contributed by atoms with Gasteiger partial charge in [0.25, 0.3) is 5.91 Å². The van der Waals surface area contributed by atoms with Crippen LogP contribution in [0.5, 0.6) is 0 Å². The quantitative estimate of drug-likeness (QED) is 0.765. The fraction of sp³-hybridized carbons (Fsp3) is 0.625. The van der Waals surface area contributed by atoms with Gasteiger partial charge in [-0.25, -0.2) is 4.98 Å². The van der Waals surface area contributed by atoms with E-state index in [-0.39, 0.29) is 11.9 Å². The van der Waals surface area contributed by atoms with Gasteiger partial charge >= 0.3 is 0 Å². The van der Waals surface area contributed by atoms with Crippen molar-refractivity contribution >= 4 is 11.6 Å². The highest BCUT2D eigenvalue weighted by molar-refractivity contribution is 5.92. The first-order valence-electron chi connectivity index (χ1n) is 7.57. The number of nitrogens with zero attached hydrogens (tertiary/aromatic N) is 1. The van der Waals surface area contributed by atoms with Crippen molar-refractivity contribution in [2.45, 2.75) is 53.0 Å². The van der Waals surface area contributed by atoms with Gasteiger partial charge in [0.1, 0.15) is 5.69 Å². The van der Waals surface area contributed by atoms with Gasteiger partial charge in [-0.1, -0.05) is 27.2 Å². The Balaban J connectivity index is 2.50. The number of carbonyl (C=O) groups excluding carboxylic acids is 1. The molecule has 2 N–H and O–H groups in total. The molecule has 4 nitrogen and oxygen atoms in total. The minimum atomic E-state index is -0.0946. The van der Waals surface area contributed by atoms with Crippen LogP contribution in [0.2, 0.25) is 0 Å². The molecule has 0 saturated carbocycles. The minimum Gasteiger partial charge on any atom is -0.384 e. The molecule has 0 aliphatic carbocycles. The molecule has 20 heavy (non-hydrogen) atoms. The number of carbonyl (C=O) groups is 1. The van der Waals surface area contributed by atoms with Crippen molar-refractivity contribution in [1.29, 1.82) is 0 Å². The molecule has 2 unspecified atom stereocenters. The zero-order valence-electron chi connectivity index (χ0n) is 13.1. The van der Waals surface area contributed by atoms with Crippen LogP contribution < -0.4 is 10.6 Å². The molecule has 0 bridgehead atoms. The second-order valence-electron chi connectivity index (χ2n) is 5.48. The number of rotatable bonds is 8. The van der Waals surface area contributed by atoms with Crippen LogP contribution in [-0.2, 0) is 0 Å². The highest BCUT2D eigenvalue weighted by Gasteiger charge is 2.12. The fourth-order valence-corrected chi connectivity index (χ4v) is 2.03. The van der Waals surface area contributed by atoms with Gasteiger partial charge in [-0.15, -0.1) is 0 Å². The lowest BCUT2D eigenvalue weighted by Gasteiger charge is -2.17. The number of pyridine rings is 1. The first-order valence-corrected chi connectivity index (χ1v) is 7.57. The Kier molecular flexibility index (Phi) is 7.05. The summed E-state index contributed by atoms with van der Waals surface area (Å²) in [6.07, 6.45) is 4.91. The Bertz CT molecular complexity index is 403. The summed E-state index contributed by atoms with van der Waals surface area (Å²) < 4.78 is 0. The van der Waals surface area contributed by atoms with Crippen molar-refractivity contribution in [3.63, 3.8) is 0 Å². The van der Waals surface area contributed by atoms with Gasteiger partial charge in [-0.05, 0) is 37.8 Å². The van der Waals surface area contributed by atoms with Crippen LogP contribution >= 0.6 is 0 Å². The van der Waals surface area contributed by atoms with Gasteiger partial charge < -0.3 is 10.6 Å². The van der Waals surface area contributed by atoms with Gasteiger partial charge in [0.05, 0.1) is 11.9 Å². The maximum absolute atomic E-state index is 12.1. The fourth-order valence-electron chi connectivity index (χ4n) is 2.03. The summed E-state index contributed by atoms with van der Waals surface area (Å²) in [4.78, 5) is 16.3. The first kappa shape index (κ1) is 16.5. The second kappa shape index (κ2) is 8.56. The first-order chi connectivity index (χ1) is 9.56. The molecule has 0 fully saturated rings. The number of anilines is 1. The second-order valence-corrected chi connectivity index (χ2v) is 5.48. The smallest absolute Gasteiger partial charge is 0.270 e. The highest BCUT2D eigenvalue weighted by Crippen LogP contribution is 2.10. The summed E-state index contributed by atoms with van der Waals surface area (Å²) in [6, 6.07) is 3.84. The Labute approximate surface area is 122 Å². The minimum absolute atomic E-state index is 0.0946. The zero-order valence-corrected chi connectivity index (χ0v) is 13.1. The van der Waals surface area contributed by atoms with Gasteiger partial charge in [-0.3, -0.25) is 4.79 Å². The normalized spacial score (nSPS) is 13.6. The zero-order chi connectivity index (χ0) is 15.0. The number of amides is 1. The van der Waals surface area contributed by atoms with E-state index in [1.54, 1.807) is 12.3 Å². The van der Waals surface area contributed by atoms with Gasteiger partial charge in [0.2, 0.25) is 0 Å². The number of hydrogen-bond donors (Lipinski definition) is 2. The molecule has 112 valence electrons. The lowest BCUT2D eigenvalue weighted by atomic mass is 10.0. The summed E-state index contributed by atoms with van der Waals surface area (Å²) in [6.45, 7) is 9.44. The van der Waals surface area contributed by atoms with E-state index >= 15 is 0 Å². The van der Waals surface area contributed by atoms with Gasteiger partial charge in [-0.2, -0.15) is 0 Å². The standard InChI is InChI=1S/C16H27N3O/c1-5-9-17-14-7-8-15(18-11-14)16(20)19-13(4)10-12(3)6-2/h7-8,11-13,17H,5-6,9-10H2,1-4H3,(H,19,20). The van der Waals surface area contributed by atoms with E-state index < -0.39 is 0 Å². The van der Waals surface area contributed by atoms with E-state index in [0.29, 0.717) is 11.6 Å². The monoisotopic (exact) mass is 277 g/mol. The van der Waals surface area contributed by atoms with Crippen molar-refractivity contribution < 1.29 is 4.79 Å². The van der Waals surface area contributed by atoms with E-state index in [0.717, 1.165) is 31.5 Å². The molecular weight excluding hydrogens is 250 g/mol. The Hall–Kier alpha value is -1.58. The molecule has 0 radical (unpaired) electrons. The maximum atomic E-state index is 12.1. The Morgan fingerprint density at radius 3 is 2.60 bits per heavy atom. The van der Waals surface area contributed by atoms with Crippen LogP contribution in [0.3, 0.4) is 0 Å². The lowest BCUT2D eigenvalue weighted by molar-refractivity contribution is 0.0930. The van der Waals surface area contributed by atoms with Crippen molar-refractivity contribution in [2.75, 3.05) is 11.9 Å². The largest absolute Gasteiger partial charge is 0.384 e. The number of aromatic nitrogens is 1. The molecule has 2 atom stereocenters. The Morgan fingerprint density at radius 2 is 2.05 bits per heavy atom. The Morgan fingerprint density at radius 1 is 1.30 bits per heavy atom. The molecular formula is C16H27N3O. The predicted molar refractivity (Wildman–Crippen MR) is 84.0 cm³/mol. The molecule has 4 heteroatoms. The summed E-state index contributed by atoms with van der Waals surface area (Å²) in [5, 5.41) is 6.24. The van der Waals surface area contributed by atoms with Gasteiger partial charge in [0.15, 0.2) is 0 Å². The number of hydrogen-bond acceptors (Lipinski definition) is 3. The van der Waals surface area contributed by atoms with E-state index in [4.69, 9.17) is 0 Å². The molecule has 0 saturated heterocycles. The van der Waals surface area contributed by atoms with Crippen LogP contribution in [0.15, 0.2) is 18.3 Å². The lowest BCUT2D eigenvalue weighted by Crippen LogP contribution is -2.34. The molecule has 1 amide bonds. The van der Waals surface area contributed by atoms with Crippen LogP contribution in [0.4, 0.5) is 5.69 Å². The van der Waals surface area contributed by atoms with E-state index in [1.165, 1.54) is 0 Å². The van der Waals surface area contributed by atoms with E-state index in [2.05, 4.69) is 36.4 Å². The van der Waals surface area contributed by atoms with Crippen molar-refractivity contribution in [3.05, 3.63) is 24.0 Å². The third-order valence-corrected chi connectivity index (χ3v) is 3.41. The number of nitrogens with one attached hydrogen (secondary N) is 2. The van der Waals surface area contributed by atoms with Crippen molar-refractivity contribution in [1.82, 2.24) is 10.3 Å². The SMILES string of the molecule is CCCNc1ccc(C(=O)NC(C)CC(C)CC)nc1. The molecule has 1 aromatic rings. The third kappa shape index (κ3) is 5.59. The van der Waals surface area contributed by atoms with Crippen LogP contribution in [0.25, 0.3) is 0 Å². The average Bonchev–Trinajstić information content (AvgIpc) is 2.45. The summed E-state index contributed by atoms with van der Waals surface area (Å²) in [5.74, 6) is 0.529. The maximum Gasteiger partial charge on any atom is 0.270 e. The molecule has 0 spiro atoms. The molecule has 0 aromatic carbocycles. The summed E-state index contributed by atoms with van der Waals surface area (Å²) >= 11 is 0. The summed E-state index contributed by atoms with van der Waals surface area (Å²) in [5.41, 5.74) is 1.43. The van der Waals surface area contributed by atoms with Crippen LogP contribution in [0.1, 0.15) is 57.4 Å². The third-order valence-electron chi connectivity index (χ3n) is 3.41. The summed E-state index contributed by atoms with van der Waals surface area (Å²) in [7, 11) is 0. The molecule has 1 aromatic heterocycles. The molecule has 0 aliphatic rings. The average molecular weight is 277 g/mol.